The summed E-state index contributed by atoms with van der Waals surface area (Å²) in [6.07, 6.45) is 1.87. The van der Waals surface area contributed by atoms with Gasteiger partial charge in [-0.2, -0.15) is 0 Å². The van der Waals surface area contributed by atoms with E-state index in [9.17, 15) is 13.2 Å². The third-order valence-electron chi connectivity index (χ3n) is 7.32. The Bertz CT molecular complexity index is 1980. The van der Waals surface area contributed by atoms with Crippen LogP contribution in [0.1, 0.15) is 13.8 Å². The number of anilines is 2. The Morgan fingerprint density at radius 3 is 2.32 bits per heavy atom. The Hall–Kier alpha value is -4.47. The number of amides is 1. The molecular formula is C32H28N4O3S2. The monoisotopic (exact) mass is 580 g/mol. The van der Waals surface area contributed by atoms with E-state index in [1.54, 1.807) is 29.5 Å². The van der Waals surface area contributed by atoms with Crippen molar-refractivity contribution in [3.63, 3.8) is 0 Å². The van der Waals surface area contributed by atoms with Gasteiger partial charge in [-0.1, -0.05) is 48.5 Å². The van der Waals surface area contributed by atoms with Crippen LogP contribution in [-0.2, 0) is 14.8 Å². The average molecular weight is 581 g/mol. The van der Waals surface area contributed by atoms with Crippen molar-refractivity contribution in [1.29, 1.82) is 0 Å². The quantitative estimate of drug-likeness (QED) is 0.215. The van der Waals surface area contributed by atoms with E-state index >= 15 is 0 Å². The van der Waals surface area contributed by atoms with Gasteiger partial charge in [0.05, 0.1) is 5.69 Å². The van der Waals surface area contributed by atoms with Crippen LogP contribution in [0.25, 0.3) is 44.2 Å². The summed E-state index contributed by atoms with van der Waals surface area (Å²) in [5.41, 5.74) is 6.90. The second kappa shape index (κ2) is 10.5. The third-order valence-corrected chi connectivity index (χ3v) is 10.6. The van der Waals surface area contributed by atoms with E-state index in [-0.39, 0.29) is 5.91 Å². The Labute approximate surface area is 242 Å². The van der Waals surface area contributed by atoms with Crippen molar-refractivity contribution in [1.82, 2.24) is 9.97 Å². The van der Waals surface area contributed by atoms with Crippen molar-refractivity contribution in [2.24, 2.45) is 0 Å². The number of thiophene rings is 1. The Balaban J connectivity index is 1.58. The van der Waals surface area contributed by atoms with Crippen LogP contribution >= 0.6 is 11.3 Å². The van der Waals surface area contributed by atoms with Gasteiger partial charge >= 0.3 is 0 Å². The van der Waals surface area contributed by atoms with Gasteiger partial charge in [0, 0.05) is 59.8 Å². The van der Waals surface area contributed by atoms with Gasteiger partial charge in [-0.05, 0) is 59.8 Å². The van der Waals surface area contributed by atoms with Gasteiger partial charge in [0.25, 0.3) is 10.0 Å². The van der Waals surface area contributed by atoms with Gasteiger partial charge in [-0.3, -0.25) is 9.10 Å². The highest BCUT2D eigenvalue weighted by Gasteiger charge is 2.26. The lowest BCUT2D eigenvalue weighted by molar-refractivity contribution is -0.116. The number of carbonyl (C=O) groups is 1. The summed E-state index contributed by atoms with van der Waals surface area (Å²) in [6.45, 7) is 3.67. The predicted molar refractivity (Wildman–Crippen MR) is 168 cm³/mol. The maximum absolute atomic E-state index is 13.5. The first-order chi connectivity index (χ1) is 19.8. The summed E-state index contributed by atoms with van der Waals surface area (Å²) >= 11 is 1.21. The Morgan fingerprint density at radius 1 is 0.927 bits per heavy atom. The SMILES string of the molecule is CCN(c1ccc2[nH]c3ncc(-c4ccc(N(C)C(C)=O)cc4)c(-c4ccccc4)c3c2c1)S(=O)(=O)c1cccs1. The first kappa shape index (κ1) is 26.7. The molecule has 0 aliphatic heterocycles. The third kappa shape index (κ3) is 4.67. The van der Waals surface area contributed by atoms with Crippen LogP contribution in [0.3, 0.4) is 0 Å². The van der Waals surface area contributed by atoms with Crippen LogP contribution in [0.2, 0.25) is 0 Å². The second-order valence-electron chi connectivity index (χ2n) is 9.72. The van der Waals surface area contributed by atoms with Crippen LogP contribution in [0.15, 0.2) is 101 Å². The average Bonchev–Trinajstić information content (AvgIpc) is 3.66. The molecule has 206 valence electrons. The predicted octanol–water partition coefficient (Wildman–Crippen LogP) is 7.31. The van der Waals surface area contributed by atoms with Crippen LogP contribution in [0.5, 0.6) is 0 Å². The molecule has 6 rings (SSSR count). The van der Waals surface area contributed by atoms with Gasteiger partial charge in [-0.15, -0.1) is 11.3 Å². The molecule has 0 fully saturated rings. The molecule has 3 aromatic heterocycles. The number of carbonyl (C=O) groups excluding carboxylic acids is 1. The first-order valence-electron chi connectivity index (χ1n) is 13.2. The van der Waals surface area contributed by atoms with Gasteiger partial charge in [0.15, 0.2) is 0 Å². The molecule has 0 unspecified atom stereocenters. The number of sulfonamides is 1. The van der Waals surface area contributed by atoms with Crippen molar-refractivity contribution < 1.29 is 13.2 Å². The summed E-state index contributed by atoms with van der Waals surface area (Å²) in [6, 6.07) is 27.0. The fraction of sp³-hybridized carbons (Fsp3) is 0.125. The molecule has 7 nitrogen and oxygen atoms in total. The summed E-state index contributed by atoms with van der Waals surface area (Å²) in [4.78, 5) is 21.7. The molecule has 1 N–H and O–H groups in total. The Morgan fingerprint density at radius 2 is 1.66 bits per heavy atom. The molecule has 0 aliphatic carbocycles. The number of nitrogens with zero attached hydrogens (tertiary/aromatic N) is 3. The zero-order valence-electron chi connectivity index (χ0n) is 22.8. The number of benzene rings is 3. The number of nitrogens with one attached hydrogen (secondary N) is 1. The number of pyridine rings is 1. The maximum Gasteiger partial charge on any atom is 0.273 e. The van der Waals surface area contributed by atoms with Gasteiger partial charge in [0.2, 0.25) is 5.91 Å². The number of fused-ring (bicyclic) bond motifs is 3. The highest BCUT2D eigenvalue weighted by atomic mass is 32.2. The van der Waals surface area contributed by atoms with E-state index in [4.69, 9.17) is 4.98 Å². The van der Waals surface area contributed by atoms with E-state index in [1.807, 2.05) is 73.8 Å². The largest absolute Gasteiger partial charge is 0.339 e. The lowest BCUT2D eigenvalue weighted by atomic mass is 9.92. The van der Waals surface area contributed by atoms with Crippen molar-refractivity contribution in [3.05, 3.63) is 96.5 Å². The maximum atomic E-state index is 13.5. The minimum atomic E-state index is -3.70. The molecular weight excluding hydrogens is 553 g/mol. The minimum Gasteiger partial charge on any atom is -0.339 e. The molecule has 0 saturated carbocycles. The van der Waals surface area contributed by atoms with Gasteiger partial charge < -0.3 is 9.88 Å². The molecule has 3 heterocycles. The molecule has 6 aromatic rings. The zero-order valence-corrected chi connectivity index (χ0v) is 24.5. The molecule has 0 saturated heterocycles. The fourth-order valence-electron chi connectivity index (χ4n) is 5.18. The molecule has 1 amide bonds. The van der Waals surface area contributed by atoms with Crippen LogP contribution < -0.4 is 9.21 Å². The van der Waals surface area contributed by atoms with Crippen molar-refractivity contribution in [2.45, 2.75) is 18.1 Å². The fourth-order valence-corrected chi connectivity index (χ4v) is 7.75. The molecule has 0 aliphatic rings. The van der Waals surface area contributed by atoms with Crippen molar-refractivity contribution in [2.75, 3.05) is 22.8 Å². The number of aromatic nitrogens is 2. The van der Waals surface area contributed by atoms with Crippen molar-refractivity contribution in [3.8, 4) is 22.3 Å². The topological polar surface area (TPSA) is 86.4 Å². The van der Waals surface area contributed by atoms with E-state index in [0.29, 0.717) is 16.4 Å². The first-order valence-corrected chi connectivity index (χ1v) is 15.5. The summed E-state index contributed by atoms with van der Waals surface area (Å²) in [5.74, 6) is -0.0392. The summed E-state index contributed by atoms with van der Waals surface area (Å²) in [7, 11) is -1.95. The number of H-pyrrole nitrogens is 1. The van der Waals surface area contributed by atoms with Crippen molar-refractivity contribution >= 4 is 60.6 Å². The van der Waals surface area contributed by atoms with Gasteiger partial charge in [0.1, 0.15) is 9.86 Å². The minimum absolute atomic E-state index is 0.0392. The number of hydrogen-bond donors (Lipinski definition) is 1. The molecule has 0 spiro atoms. The second-order valence-corrected chi connectivity index (χ2v) is 12.8. The molecule has 0 bridgehead atoms. The standard InChI is InChI=1S/C32H28N4O3S2/c1-4-36(41(38,39)29-11-8-18-40-29)25-16-17-28-26(19-25)31-30(23-9-6-5-7-10-23)27(20-33-32(31)34-28)22-12-14-24(15-13-22)35(3)21(2)37/h5-20H,4H2,1-3H3,(H,33,34). The molecule has 0 atom stereocenters. The highest BCUT2D eigenvalue weighted by molar-refractivity contribution is 7.94. The van der Waals surface area contributed by atoms with E-state index in [0.717, 1.165) is 49.9 Å². The Kier molecular flexibility index (Phi) is 6.84. The highest BCUT2D eigenvalue weighted by Crippen LogP contribution is 2.42. The van der Waals surface area contributed by atoms with Crippen LogP contribution in [-0.4, -0.2) is 37.9 Å². The summed E-state index contributed by atoms with van der Waals surface area (Å²) in [5, 5.41) is 3.58. The van der Waals surface area contributed by atoms with Gasteiger partial charge in [-0.25, -0.2) is 13.4 Å². The number of aromatic amines is 1. The van der Waals surface area contributed by atoms with Crippen LogP contribution in [0, 0.1) is 0 Å². The normalized spacial score (nSPS) is 11.7. The number of rotatable bonds is 7. The molecule has 3 aromatic carbocycles. The lowest BCUT2D eigenvalue weighted by Crippen LogP contribution is -2.30. The molecule has 9 heteroatoms. The zero-order chi connectivity index (χ0) is 28.7. The van der Waals surface area contributed by atoms with E-state index in [1.165, 1.54) is 22.6 Å². The van der Waals surface area contributed by atoms with E-state index < -0.39 is 10.0 Å². The molecule has 0 radical (unpaired) electrons. The molecule has 41 heavy (non-hydrogen) atoms. The van der Waals surface area contributed by atoms with Crippen LogP contribution in [0.4, 0.5) is 11.4 Å². The van der Waals surface area contributed by atoms with E-state index in [2.05, 4.69) is 17.1 Å². The number of hydrogen-bond acceptors (Lipinski definition) is 5. The lowest BCUT2D eigenvalue weighted by Gasteiger charge is -2.22. The smallest absolute Gasteiger partial charge is 0.273 e. The summed E-state index contributed by atoms with van der Waals surface area (Å²) < 4.78 is 28.8.